The lowest BCUT2D eigenvalue weighted by molar-refractivity contribution is 0.0938. The number of carbonyl (C=O) groups excluding carboxylic acids is 2. The number of methoxy groups -OCH3 is 1. The van der Waals surface area contributed by atoms with Gasteiger partial charge in [-0.05, 0) is 74.3 Å². The number of urea groups is 1. The fourth-order valence-corrected chi connectivity index (χ4v) is 6.26. The molecule has 0 saturated carbocycles. The van der Waals surface area contributed by atoms with Gasteiger partial charge in [0.1, 0.15) is 23.6 Å². The van der Waals surface area contributed by atoms with Gasteiger partial charge >= 0.3 is 6.03 Å². The summed E-state index contributed by atoms with van der Waals surface area (Å²) in [5.74, 6) is 1.59. The van der Waals surface area contributed by atoms with E-state index in [1.165, 1.54) is 24.0 Å². The highest BCUT2D eigenvalue weighted by atomic mass is 16.5. The number of ketones is 1. The van der Waals surface area contributed by atoms with Crippen LogP contribution in [0.1, 0.15) is 54.6 Å². The third-order valence-electron chi connectivity index (χ3n) is 8.34. The summed E-state index contributed by atoms with van der Waals surface area (Å²) in [5, 5.41) is 6.54. The van der Waals surface area contributed by atoms with Crippen molar-refractivity contribution in [1.82, 2.24) is 20.2 Å². The van der Waals surface area contributed by atoms with Crippen molar-refractivity contribution in [3.05, 3.63) is 53.1 Å². The molecule has 0 spiro atoms. The molecule has 1 atom stereocenters. The smallest absolute Gasteiger partial charge is 0.322 e. The molecule has 4 heterocycles. The van der Waals surface area contributed by atoms with E-state index >= 15 is 0 Å². The predicted octanol–water partition coefficient (Wildman–Crippen LogP) is 3.77. The maximum absolute atomic E-state index is 13.4. The molecule has 37 heavy (non-hydrogen) atoms. The van der Waals surface area contributed by atoms with Crippen LogP contribution >= 0.6 is 0 Å². The van der Waals surface area contributed by atoms with E-state index < -0.39 is 0 Å². The highest BCUT2D eigenvalue weighted by Gasteiger charge is 2.34. The fraction of sp³-hybridized carbons (Fsp3) is 0.500. The number of Topliss-reactive ketones (excluding diaryl/α,β-unsaturated/α-hetero) is 1. The zero-order valence-electron chi connectivity index (χ0n) is 21.3. The van der Waals surface area contributed by atoms with E-state index in [9.17, 15) is 9.59 Å². The first-order valence-corrected chi connectivity index (χ1v) is 13.4. The maximum atomic E-state index is 13.4. The van der Waals surface area contributed by atoms with Gasteiger partial charge in [0, 0.05) is 49.7 Å². The largest absolute Gasteiger partial charge is 0.497 e. The molecule has 9 nitrogen and oxygen atoms in total. The van der Waals surface area contributed by atoms with Crippen LogP contribution < -0.4 is 20.3 Å². The lowest BCUT2D eigenvalue weighted by Gasteiger charge is -2.38. The standard InChI is InChI=1S/C28H34N6O3/c1-37-20-6-7-23-18(14-20)8-13-34(28(36)32-23)19-9-11-33(12-10-19)26-15-25(30-17-31-26)27(35)22-16-29-24-5-3-2-4-21(22)24/h6-7,14-15,17,19,22,29H,2-5,8-13,16H2,1H3,(H,32,36). The summed E-state index contributed by atoms with van der Waals surface area (Å²) in [6, 6.07) is 7.77. The molecule has 4 aliphatic rings. The molecule has 1 unspecified atom stereocenters. The van der Waals surface area contributed by atoms with Crippen LogP contribution in [0.4, 0.5) is 16.3 Å². The first-order valence-electron chi connectivity index (χ1n) is 13.4. The fourth-order valence-electron chi connectivity index (χ4n) is 6.26. The Morgan fingerprint density at radius 2 is 1.89 bits per heavy atom. The van der Waals surface area contributed by atoms with Gasteiger partial charge in [0.15, 0.2) is 5.78 Å². The van der Waals surface area contributed by atoms with Gasteiger partial charge in [0.05, 0.1) is 13.0 Å². The Morgan fingerprint density at radius 1 is 1.05 bits per heavy atom. The summed E-state index contributed by atoms with van der Waals surface area (Å²) < 4.78 is 5.35. The second kappa shape index (κ2) is 10.0. The number of aromatic nitrogens is 2. The number of rotatable bonds is 5. The van der Waals surface area contributed by atoms with E-state index in [2.05, 4.69) is 25.5 Å². The average molecular weight is 503 g/mol. The Kier molecular flexibility index (Phi) is 6.44. The highest BCUT2D eigenvalue weighted by Crippen LogP contribution is 2.35. The van der Waals surface area contributed by atoms with Gasteiger partial charge in [0.2, 0.25) is 0 Å². The minimum Gasteiger partial charge on any atom is -0.497 e. The van der Waals surface area contributed by atoms with Crippen LogP contribution in [0.2, 0.25) is 0 Å². The third-order valence-corrected chi connectivity index (χ3v) is 8.34. The van der Waals surface area contributed by atoms with Crippen molar-refractivity contribution in [2.75, 3.05) is 43.5 Å². The van der Waals surface area contributed by atoms with Crippen molar-refractivity contribution in [2.24, 2.45) is 5.92 Å². The zero-order valence-corrected chi connectivity index (χ0v) is 21.3. The molecule has 1 saturated heterocycles. The number of benzene rings is 1. The average Bonchev–Trinajstić information content (AvgIpc) is 3.30. The number of nitrogens with one attached hydrogen (secondary N) is 2. The number of amides is 2. The van der Waals surface area contributed by atoms with Crippen LogP contribution in [-0.4, -0.2) is 66.0 Å². The van der Waals surface area contributed by atoms with Gasteiger partial charge in [-0.1, -0.05) is 0 Å². The van der Waals surface area contributed by atoms with Crippen LogP contribution in [0.5, 0.6) is 5.75 Å². The summed E-state index contributed by atoms with van der Waals surface area (Å²) in [5.41, 5.74) is 5.02. The number of hydrogen-bond donors (Lipinski definition) is 2. The summed E-state index contributed by atoms with van der Waals surface area (Å²) in [6.07, 6.45) is 8.42. The Hall–Kier alpha value is -3.62. The third kappa shape index (κ3) is 4.63. The molecule has 1 aromatic carbocycles. The lowest BCUT2D eigenvalue weighted by Crippen LogP contribution is -2.49. The van der Waals surface area contributed by atoms with Gasteiger partial charge < -0.3 is 25.2 Å². The number of ether oxygens (including phenoxy) is 1. The molecule has 1 aliphatic carbocycles. The van der Waals surface area contributed by atoms with E-state index in [4.69, 9.17) is 4.74 Å². The first kappa shape index (κ1) is 23.8. The van der Waals surface area contributed by atoms with Gasteiger partial charge in [0.25, 0.3) is 0 Å². The van der Waals surface area contributed by atoms with Gasteiger partial charge in [-0.3, -0.25) is 4.79 Å². The number of fused-ring (bicyclic) bond motifs is 1. The van der Waals surface area contributed by atoms with Crippen molar-refractivity contribution >= 4 is 23.3 Å². The van der Waals surface area contributed by atoms with Gasteiger partial charge in [-0.15, -0.1) is 0 Å². The molecule has 0 radical (unpaired) electrons. The molecular formula is C28H34N6O3. The van der Waals surface area contributed by atoms with Crippen LogP contribution in [0.15, 0.2) is 41.9 Å². The van der Waals surface area contributed by atoms with Gasteiger partial charge in [-0.2, -0.15) is 0 Å². The molecule has 9 heteroatoms. The van der Waals surface area contributed by atoms with E-state index in [-0.39, 0.29) is 23.8 Å². The maximum Gasteiger partial charge on any atom is 0.322 e. The molecular weight excluding hydrogens is 468 g/mol. The molecule has 2 aromatic rings. The predicted molar refractivity (Wildman–Crippen MR) is 141 cm³/mol. The van der Waals surface area contributed by atoms with Crippen LogP contribution in [0.25, 0.3) is 0 Å². The molecule has 1 aromatic heterocycles. The number of anilines is 2. The highest BCUT2D eigenvalue weighted by molar-refractivity contribution is 5.99. The number of nitrogens with zero attached hydrogens (tertiary/aromatic N) is 4. The number of hydrogen-bond acceptors (Lipinski definition) is 7. The van der Waals surface area contributed by atoms with Crippen molar-refractivity contribution in [1.29, 1.82) is 0 Å². The van der Waals surface area contributed by atoms with Crippen LogP contribution in [0, 0.1) is 5.92 Å². The normalized spacial score (nSPS) is 22.1. The Labute approximate surface area is 217 Å². The van der Waals surface area contributed by atoms with E-state index in [1.54, 1.807) is 7.11 Å². The molecule has 2 amide bonds. The summed E-state index contributed by atoms with van der Waals surface area (Å²) in [4.78, 5) is 39.4. The van der Waals surface area contributed by atoms with Crippen molar-refractivity contribution in [3.63, 3.8) is 0 Å². The monoisotopic (exact) mass is 502 g/mol. The summed E-state index contributed by atoms with van der Waals surface area (Å²) in [7, 11) is 1.66. The molecule has 6 rings (SSSR count). The number of piperidine rings is 1. The minimum absolute atomic E-state index is 0.0427. The van der Waals surface area contributed by atoms with E-state index in [1.807, 2.05) is 29.2 Å². The minimum atomic E-state index is -0.102. The molecule has 194 valence electrons. The Bertz CT molecular complexity index is 1240. The molecule has 1 fully saturated rings. The SMILES string of the molecule is COc1ccc2c(c1)CCN(C1CCN(c3cc(C(=O)C4CNC5=C4CCCC5)ncn3)CC1)C(=O)N2. The number of carbonyl (C=O) groups is 2. The van der Waals surface area contributed by atoms with Crippen LogP contribution in [0.3, 0.4) is 0 Å². The second-order valence-electron chi connectivity index (χ2n) is 10.4. The van der Waals surface area contributed by atoms with Crippen LogP contribution in [-0.2, 0) is 6.42 Å². The quantitative estimate of drug-likeness (QED) is 0.601. The van der Waals surface area contributed by atoms with Crippen molar-refractivity contribution in [3.8, 4) is 5.75 Å². The lowest BCUT2D eigenvalue weighted by atomic mass is 9.87. The molecule has 0 bridgehead atoms. The zero-order chi connectivity index (χ0) is 25.4. The van der Waals surface area contributed by atoms with Crippen molar-refractivity contribution in [2.45, 2.75) is 51.0 Å². The first-order chi connectivity index (χ1) is 18.1. The van der Waals surface area contributed by atoms with Gasteiger partial charge in [-0.25, -0.2) is 14.8 Å². The Balaban J connectivity index is 1.10. The molecule has 2 N–H and O–H groups in total. The van der Waals surface area contributed by atoms with Crippen molar-refractivity contribution < 1.29 is 14.3 Å². The Morgan fingerprint density at radius 3 is 2.73 bits per heavy atom. The number of allylic oxidation sites excluding steroid dienone is 1. The second-order valence-corrected chi connectivity index (χ2v) is 10.4. The summed E-state index contributed by atoms with van der Waals surface area (Å²) in [6.45, 7) is 2.92. The summed E-state index contributed by atoms with van der Waals surface area (Å²) >= 11 is 0. The topological polar surface area (TPSA) is 99.7 Å². The van der Waals surface area contributed by atoms with E-state index in [0.29, 0.717) is 18.8 Å². The van der Waals surface area contributed by atoms with E-state index in [0.717, 1.165) is 74.4 Å². The molecule has 3 aliphatic heterocycles.